The third-order valence-electron chi connectivity index (χ3n) is 5.73. The van der Waals surface area contributed by atoms with E-state index in [1.54, 1.807) is 0 Å². The summed E-state index contributed by atoms with van der Waals surface area (Å²) in [5.74, 6) is -2.77. The molecule has 2 aliphatic carbocycles. The minimum Gasteiger partial charge on any atom is -0.490 e. The molecular weight excluding hydrogens is 416 g/mol. The van der Waals surface area contributed by atoms with Crippen molar-refractivity contribution >= 4 is 38.8 Å². The van der Waals surface area contributed by atoms with Crippen LogP contribution >= 0.6 is 11.6 Å². The van der Waals surface area contributed by atoms with Crippen molar-refractivity contribution < 1.29 is 27.5 Å². The van der Waals surface area contributed by atoms with Crippen molar-refractivity contribution in [2.75, 3.05) is 12.4 Å². The highest BCUT2D eigenvalue weighted by Gasteiger charge is 2.38. The Balaban J connectivity index is 2.00. The average Bonchev–Trinajstić information content (AvgIpc) is 3.20. The Morgan fingerprint density at radius 2 is 1.72 bits per heavy atom. The molecule has 0 spiro atoms. The molecule has 2 aliphatic rings. The Labute approximate surface area is 175 Å². The van der Waals surface area contributed by atoms with Crippen molar-refractivity contribution in [2.24, 2.45) is 11.8 Å². The van der Waals surface area contributed by atoms with Gasteiger partial charge in [-0.05, 0) is 37.3 Å². The van der Waals surface area contributed by atoms with Gasteiger partial charge in [0.1, 0.15) is 10.8 Å². The largest absolute Gasteiger partial charge is 0.490 e. The van der Waals surface area contributed by atoms with E-state index in [4.69, 9.17) is 16.3 Å². The Bertz CT molecular complexity index is 915. The Kier molecular flexibility index (Phi) is 6.79. The monoisotopic (exact) mass is 440 g/mol. The van der Waals surface area contributed by atoms with Gasteiger partial charge in [0.05, 0.1) is 17.4 Å². The van der Waals surface area contributed by atoms with Crippen LogP contribution in [-0.2, 0) is 19.4 Å². The fourth-order valence-electron chi connectivity index (χ4n) is 3.99. The van der Waals surface area contributed by atoms with Gasteiger partial charge in [-0.3, -0.25) is 14.4 Å². The van der Waals surface area contributed by atoms with Gasteiger partial charge in [0.15, 0.2) is 32.9 Å². The second-order valence-corrected chi connectivity index (χ2v) is 10.3. The van der Waals surface area contributed by atoms with Crippen LogP contribution in [0.25, 0.3) is 0 Å². The third kappa shape index (κ3) is 4.56. The molecule has 2 fully saturated rings. The highest BCUT2D eigenvalue weighted by Crippen LogP contribution is 2.38. The lowest BCUT2D eigenvalue weighted by Gasteiger charge is -2.21. The van der Waals surface area contributed by atoms with Crippen LogP contribution in [0.3, 0.4) is 0 Å². The first-order chi connectivity index (χ1) is 13.8. The lowest BCUT2D eigenvalue weighted by Crippen LogP contribution is -2.35. The number of carbonyl (C=O) groups excluding carboxylic acids is 3. The predicted octanol–water partition coefficient (Wildman–Crippen LogP) is 3.82. The molecule has 0 unspecified atom stereocenters. The first-order valence-electron chi connectivity index (χ1n) is 10.0. The first kappa shape index (κ1) is 22.0. The molecule has 158 valence electrons. The molecule has 0 aliphatic heterocycles. The Hall–Kier alpha value is -1.73. The molecule has 2 saturated carbocycles. The van der Waals surface area contributed by atoms with Gasteiger partial charge in [-0.2, -0.15) is 0 Å². The topological polar surface area (TPSA) is 94.6 Å². The number of sulfone groups is 1. The third-order valence-corrected chi connectivity index (χ3v) is 7.86. The molecule has 0 N–H and O–H groups in total. The quantitative estimate of drug-likeness (QED) is 0.472. The van der Waals surface area contributed by atoms with Crippen molar-refractivity contribution in [3.63, 3.8) is 0 Å². The van der Waals surface area contributed by atoms with E-state index in [0.29, 0.717) is 18.9 Å². The highest BCUT2D eigenvalue weighted by atomic mass is 35.5. The summed E-state index contributed by atoms with van der Waals surface area (Å²) in [7, 11) is -3.64. The SMILES string of the molecule is CCS(=O)(=O)c1ccc(C(=O)C2C(=O)CCCC2=O)c(Cl)c1OCC1CCCC1. The van der Waals surface area contributed by atoms with Gasteiger partial charge in [-0.1, -0.05) is 31.4 Å². The van der Waals surface area contributed by atoms with Gasteiger partial charge in [0, 0.05) is 18.4 Å². The first-order valence-corrected chi connectivity index (χ1v) is 12.1. The Morgan fingerprint density at radius 3 is 2.31 bits per heavy atom. The molecule has 3 rings (SSSR count). The van der Waals surface area contributed by atoms with Crippen LogP contribution in [0.5, 0.6) is 5.75 Å². The number of ether oxygens (including phenoxy) is 1. The molecule has 0 radical (unpaired) electrons. The standard InChI is InChI=1S/C21H25ClO6S/c1-2-29(26,27)17-11-10-14(20(25)18-15(23)8-5-9-16(18)24)19(22)21(17)28-12-13-6-3-4-7-13/h10-11,13,18H,2-9,12H2,1H3. The maximum Gasteiger partial charge on any atom is 0.182 e. The molecule has 0 bridgehead atoms. The van der Waals surface area contributed by atoms with E-state index in [1.165, 1.54) is 19.1 Å². The number of ketones is 3. The summed E-state index contributed by atoms with van der Waals surface area (Å²) in [6.45, 7) is 1.83. The van der Waals surface area contributed by atoms with E-state index < -0.39 is 33.1 Å². The summed E-state index contributed by atoms with van der Waals surface area (Å²) in [6.07, 6.45) is 4.99. The number of hydrogen-bond donors (Lipinski definition) is 0. The van der Waals surface area contributed by atoms with Crippen LogP contribution in [0, 0.1) is 11.8 Å². The molecule has 29 heavy (non-hydrogen) atoms. The van der Waals surface area contributed by atoms with Crippen molar-refractivity contribution in [2.45, 2.75) is 56.8 Å². The average molecular weight is 441 g/mol. The van der Waals surface area contributed by atoms with Crippen molar-refractivity contribution in [1.82, 2.24) is 0 Å². The van der Waals surface area contributed by atoms with Gasteiger partial charge in [0.2, 0.25) is 0 Å². The van der Waals surface area contributed by atoms with Crippen molar-refractivity contribution in [1.29, 1.82) is 0 Å². The van der Waals surface area contributed by atoms with Crippen LogP contribution in [0.4, 0.5) is 0 Å². The van der Waals surface area contributed by atoms with Gasteiger partial charge >= 0.3 is 0 Å². The summed E-state index contributed by atoms with van der Waals surface area (Å²) in [5, 5.41) is -0.145. The zero-order valence-corrected chi connectivity index (χ0v) is 18.0. The van der Waals surface area contributed by atoms with E-state index in [2.05, 4.69) is 0 Å². The van der Waals surface area contributed by atoms with Crippen LogP contribution in [0.1, 0.15) is 62.2 Å². The molecular formula is C21H25ClO6S. The lowest BCUT2D eigenvalue weighted by molar-refractivity contribution is -0.133. The summed E-state index contributed by atoms with van der Waals surface area (Å²) in [5.41, 5.74) is -0.0447. The van der Waals surface area contributed by atoms with E-state index >= 15 is 0 Å². The van der Waals surface area contributed by atoms with Gasteiger partial charge < -0.3 is 4.74 Å². The van der Waals surface area contributed by atoms with Gasteiger partial charge in [0.25, 0.3) is 0 Å². The number of hydrogen-bond acceptors (Lipinski definition) is 6. The number of halogens is 1. The van der Waals surface area contributed by atoms with E-state index in [0.717, 1.165) is 25.7 Å². The predicted molar refractivity (Wildman–Crippen MR) is 108 cm³/mol. The summed E-state index contributed by atoms with van der Waals surface area (Å²) < 4.78 is 30.9. The van der Waals surface area contributed by atoms with Crippen LogP contribution < -0.4 is 4.74 Å². The summed E-state index contributed by atoms with van der Waals surface area (Å²) in [6, 6.07) is 2.57. The maximum atomic E-state index is 13.0. The summed E-state index contributed by atoms with van der Waals surface area (Å²) >= 11 is 6.44. The highest BCUT2D eigenvalue weighted by molar-refractivity contribution is 7.91. The van der Waals surface area contributed by atoms with E-state index in [9.17, 15) is 22.8 Å². The number of Topliss-reactive ketones (excluding diaryl/α,β-unsaturated/α-hetero) is 3. The Morgan fingerprint density at radius 1 is 1.10 bits per heavy atom. The molecule has 0 aromatic heterocycles. The zero-order valence-electron chi connectivity index (χ0n) is 16.4. The number of carbonyl (C=O) groups is 3. The molecule has 0 atom stereocenters. The molecule has 1 aromatic carbocycles. The van der Waals surface area contributed by atoms with Gasteiger partial charge in [-0.15, -0.1) is 0 Å². The molecule has 0 saturated heterocycles. The van der Waals surface area contributed by atoms with Crippen LogP contribution in [0.15, 0.2) is 17.0 Å². The van der Waals surface area contributed by atoms with Crippen molar-refractivity contribution in [3.8, 4) is 5.75 Å². The van der Waals surface area contributed by atoms with Gasteiger partial charge in [-0.25, -0.2) is 8.42 Å². The second-order valence-electron chi connectivity index (χ2n) is 7.70. The van der Waals surface area contributed by atoms with E-state index in [1.807, 2.05) is 0 Å². The normalized spacial score (nSPS) is 19.0. The molecule has 0 amide bonds. The lowest BCUT2D eigenvalue weighted by atomic mass is 9.81. The van der Waals surface area contributed by atoms with Crippen LogP contribution in [-0.4, -0.2) is 38.1 Å². The minimum atomic E-state index is -3.64. The van der Waals surface area contributed by atoms with Crippen LogP contribution in [0.2, 0.25) is 5.02 Å². The number of rotatable bonds is 7. The molecule has 0 heterocycles. The minimum absolute atomic E-state index is 0.0447. The fourth-order valence-corrected chi connectivity index (χ4v) is 5.39. The number of benzene rings is 1. The van der Waals surface area contributed by atoms with E-state index in [-0.39, 0.29) is 39.8 Å². The fraction of sp³-hybridized carbons (Fsp3) is 0.571. The molecule has 6 nitrogen and oxygen atoms in total. The van der Waals surface area contributed by atoms with Crippen molar-refractivity contribution in [3.05, 3.63) is 22.7 Å². The molecule has 1 aromatic rings. The smallest absolute Gasteiger partial charge is 0.182 e. The zero-order chi connectivity index (χ0) is 21.2. The molecule has 8 heteroatoms. The maximum absolute atomic E-state index is 13.0. The summed E-state index contributed by atoms with van der Waals surface area (Å²) in [4.78, 5) is 37.2. The second kappa shape index (κ2) is 8.96.